The second-order valence-corrected chi connectivity index (χ2v) is 8.22. The van der Waals surface area contributed by atoms with Gasteiger partial charge in [0.1, 0.15) is 12.7 Å². The summed E-state index contributed by atoms with van der Waals surface area (Å²) < 4.78 is 113. The van der Waals surface area contributed by atoms with Crippen molar-refractivity contribution in [3.8, 4) is 0 Å². The fourth-order valence-corrected chi connectivity index (χ4v) is 3.20. The Morgan fingerprint density at radius 2 is 1.52 bits per heavy atom. The Kier molecular flexibility index (Phi) is 8.15. The Hall–Kier alpha value is -1.10. The smallest absolute Gasteiger partial charge is 0.379 e. The van der Waals surface area contributed by atoms with E-state index >= 15 is 0 Å². The fraction of sp³-hybridized carbons (Fsp3) is 0.778. The van der Waals surface area contributed by atoms with Gasteiger partial charge >= 0.3 is 31.1 Å². The molecule has 1 rings (SSSR count). The molecule has 1 aliphatic rings. The fourth-order valence-electron chi connectivity index (χ4n) is 1.29. The van der Waals surface area contributed by atoms with Gasteiger partial charge < -0.3 is 9.64 Å². The number of nitrogens with zero attached hydrogens (tertiary/aromatic N) is 1. The number of rotatable bonds is 5. The molecule has 0 saturated heterocycles. The standard InChI is InChI=1S/C7H14N2O.C2HF6NO4S2/c1-8-3-4-9(7-8)5-6-10-2;3-1(4,5)14(10,11)9-15(12,13)2(6,7)8/h3-4H,5-7H2,1-2H3;9H/p+1. The molecule has 1 atom stereocenters. The number of hydrogen-bond donors (Lipinski definition) is 2. The molecule has 0 amide bonds. The first-order valence-electron chi connectivity index (χ1n) is 6.16. The number of sulfonamides is 2. The van der Waals surface area contributed by atoms with E-state index in [1.54, 1.807) is 7.11 Å². The highest BCUT2D eigenvalue weighted by Crippen LogP contribution is 2.27. The van der Waals surface area contributed by atoms with Crippen molar-refractivity contribution < 1.29 is 52.8 Å². The van der Waals surface area contributed by atoms with Crippen LogP contribution in [0.4, 0.5) is 26.3 Å². The zero-order valence-electron chi connectivity index (χ0n) is 12.8. The molecule has 1 heterocycles. The van der Waals surface area contributed by atoms with Gasteiger partial charge in [-0.2, -0.15) is 26.3 Å². The lowest BCUT2D eigenvalue weighted by atomic mass is 10.6. The largest absolute Gasteiger partial charge is 0.512 e. The molecule has 8 nitrogen and oxygen atoms in total. The minimum atomic E-state index is -6.60. The van der Waals surface area contributed by atoms with Crippen LogP contribution in [0.1, 0.15) is 0 Å². The number of halogens is 6. The maximum Gasteiger partial charge on any atom is 0.512 e. The molecular formula is C9H16F6N3O5S2+. The highest BCUT2D eigenvalue weighted by Gasteiger charge is 2.55. The van der Waals surface area contributed by atoms with Crippen LogP contribution in [0.15, 0.2) is 12.4 Å². The summed E-state index contributed by atoms with van der Waals surface area (Å²) in [6.45, 7) is 2.98. The molecule has 0 radical (unpaired) electrons. The van der Waals surface area contributed by atoms with Crippen LogP contribution < -0.4 is 9.03 Å². The van der Waals surface area contributed by atoms with Crippen molar-refractivity contribution in [1.82, 2.24) is 9.03 Å². The average molecular weight is 424 g/mol. The Labute approximate surface area is 140 Å². The monoisotopic (exact) mass is 424 g/mol. The van der Waals surface area contributed by atoms with Crippen LogP contribution >= 0.6 is 0 Å². The van der Waals surface area contributed by atoms with Crippen molar-refractivity contribution in [2.24, 2.45) is 0 Å². The molecule has 0 aromatic heterocycles. The number of alkyl halides is 6. The summed E-state index contributed by atoms with van der Waals surface area (Å²) in [6.07, 6.45) is 4.27. The summed E-state index contributed by atoms with van der Waals surface area (Å²) in [6, 6.07) is 0. The minimum Gasteiger partial charge on any atom is -0.379 e. The van der Waals surface area contributed by atoms with Gasteiger partial charge in [-0.15, -0.1) is 0 Å². The van der Waals surface area contributed by atoms with Crippen LogP contribution in [0, 0.1) is 0 Å². The predicted molar refractivity (Wildman–Crippen MR) is 72.6 cm³/mol. The lowest BCUT2D eigenvalue weighted by Crippen LogP contribution is -3.07. The van der Waals surface area contributed by atoms with E-state index < -0.39 is 35.2 Å². The summed E-state index contributed by atoms with van der Waals surface area (Å²) in [5, 5.41) is 0. The Morgan fingerprint density at radius 1 is 1.08 bits per heavy atom. The average Bonchev–Trinajstić information content (AvgIpc) is 2.79. The summed E-state index contributed by atoms with van der Waals surface area (Å²) >= 11 is 0. The highest BCUT2D eigenvalue weighted by atomic mass is 32.3. The molecule has 0 fully saturated rings. The van der Waals surface area contributed by atoms with Crippen molar-refractivity contribution in [3.05, 3.63) is 12.4 Å². The van der Waals surface area contributed by atoms with Gasteiger partial charge in [-0.3, -0.25) is 4.90 Å². The second-order valence-electron chi connectivity index (χ2n) is 4.61. The van der Waals surface area contributed by atoms with Gasteiger partial charge in [0, 0.05) is 14.2 Å². The maximum atomic E-state index is 11.5. The van der Waals surface area contributed by atoms with Gasteiger partial charge in [-0.25, -0.2) is 16.8 Å². The number of methoxy groups -OCH3 is 1. The quantitative estimate of drug-likeness (QED) is 0.560. The third kappa shape index (κ3) is 7.76. The Bertz CT molecular complexity index is 616. The summed E-state index contributed by atoms with van der Waals surface area (Å²) in [5.41, 5.74) is -12.3. The summed E-state index contributed by atoms with van der Waals surface area (Å²) in [4.78, 5) is 3.63. The lowest BCUT2D eigenvalue weighted by Gasteiger charge is -2.11. The van der Waals surface area contributed by atoms with E-state index in [1.807, 2.05) is 0 Å². The molecule has 150 valence electrons. The summed E-state index contributed by atoms with van der Waals surface area (Å²) in [7, 11) is -9.37. The van der Waals surface area contributed by atoms with Crippen LogP contribution in [0.25, 0.3) is 0 Å². The molecule has 0 aromatic rings. The Balaban J connectivity index is 0.000000496. The molecule has 0 spiro atoms. The van der Waals surface area contributed by atoms with E-state index in [4.69, 9.17) is 4.74 Å². The van der Waals surface area contributed by atoms with Crippen LogP contribution in [0.2, 0.25) is 0 Å². The molecular weight excluding hydrogens is 408 g/mol. The van der Waals surface area contributed by atoms with Gasteiger partial charge in [-0.05, 0) is 0 Å². The minimum absolute atomic E-state index is 0.493. The Morgan fingerprint density at radius 3 is 1.80 bits per heavy atom. The van der Waals surface area contributed by atoms with E-state index in [-0.39, 0.29) is 0 Å². The number of quaternary nitrogens is 1. The SMILES string of the molecule is COCC[NH+]1C=CN(C)C1.O=S(=O)(NS(=O)(=O)C(F)(F)F)C(F)(F)F. The lowest BCUT2D eigenvalue weighted by molar-refractivity contribution is -0.849. The second kappa shape index (κ2) is 8.52. The van der Waals surface area contributed by atoms with E-state index in [0.29, 0.717) is 0 Å². The molecule has 16 heteroatoms. The van der Waals surface area contributed by atoms with Gasteiger partial charge in [-0.1, -0.05) is 4.13 Å². The van der Waals surface area contributed by atoms with E-state index in [0.717, 1.165) is 19.8 Å². The third-order valence-corrected chi connectivity index (χ3v) is 5.45. The van der Waals surface area contributed by atoms with Crippen molar-refractivity contribution in [2.45, 2.75) is 11.0 Å². The van der Waals surface area contributed by atoms with Crippen LogP contribution in [-0.2, 0) is 24.8 Å². The molecule has 0 aromatic carbocycles. The normalized spacial score (nSPS) is 18.9. The van der Waals surface area contributed by atoms with E-state index in [1.165, 1.54) is 4.90 Å². The van der Waals surface area contributed by atoms with E-state index in [9.17, 15) is 43.2 Å². The van der Waals surface area contributed by atoms with Gasteiger partial charge in [0.25, 0.3) is 0 Å². The first kappa shape index (κ1) is 23.9. The first-order valence-corrected chi connectivity index (χ1v) is 9.13. The molecule has 1 aliphatic heterocycles. The molecule has 1 unspecified atom stereocenters. The molecule has 25 heavy (non-hydrogen) atoms. The first-order chi connectivity index (χ1) is 11.0. The maximum absolute atomic E-state index is 11.5. The number of hydrogen-bond acceptors (Lipinski definition) is 6. The van der Waals surface area contributed by atoms with Crippen LogP contribution in [0.3, 0.4) is 0 Å². The molecule has 0 bridgehead atoms. The number of ether oxygens (including phenoxy) is 1. The number of nitrogens with one attached hydrogen (secondary N) is 2. The van der Waals surface area contributed by atoms with E-state index in [2.05, 4.69) is 24.3 Å². The van der Waals surface area contributed by atoms with Gasteiger partial charge in [0.15, 0.2) is 6.67 Å². The third-order valence-electron chi connectivity index (χ3n) is 2.47. The predicted octanol–water partition coefficient (Wildman–Crippen LogP) is -0.833. The van der Waals surface area contributed by atoms with Crippen LogP contribution in [-0.4, -0.2) is 66.7 Å². The topological polar surface area (TPSA) is 97.2 Å². The zero-order chi connectivity index (χ0) is 20.1. The molecule has 0 aliphatic carbocycles. The van der Waals surface area contributed by atoms with Crippen molar-refractivity contribution >= 4 is 20.0 Å². The zero-order valence-corrected chi connectivity index (χ0v) is 14.5. The van der Waals surface area contributed by atoms with Crippen molar-refractivity contribution in [1.29, 1.82) is 0 Å². The van der Waals surface area contributed by atoms with Gasteiger partial charge in [0.2, 0.25) is 0 Å². The van der Waals surface area contributed by atoms with Crippen LogP contribution in [0.5, 0.6) is 0 Å². The molecule has 0 saturated carbocycles. The van der Waals surface area contributed by atoms with Crippen molar-refractivity contribution in [2.75, 3.05) is 34.0 Å². The highest BCUT2D eigenvalue weighted by molar-refractivity contribution is 8.05. The molecule has 2 N–H and O–H groups in total. The van der Waals surface area contributed by atoms with Gasteiger partial charge in [0.05, 0.1) is 12.8 Å². The summed E-state index contributed by atoms with van der Waals surface area (Å²) in [5.74, 6) is 0. The van der Waals surface area contributed by atoms with Crippen molar-refractivity contribution in [3.63, 3.8) is 0 Å².